The third-order valence-corrected chi connectivity index (χ3v) is 8.90. The number of esters is 1. The van der Waals surface area contributed by atoms with Crippen LogP contribution in [0.15, 0.2) is 40.5 Å². The normalized spacial score (nSPS) is 23.7. The summed E-state index contributed by atoms with van der Waals surface area (Å²) in [5, 5.41) is 11.3. The number of carbonyl (C=O) groups excluding carboxylic acids is 1. The smallest absolute Gasteiger partial charge is 0.338 e. The lowest BCUT2D eigenvalue weighted by molar-refractivity contribution is -0.151. The molecule has 0 saturated carbocycles. The second-order valence-corrected chi connectivity index (χ2v) is 12.7. The highest BCUT2D eigenvalue weighted by molar-refractivity contribution is 7.89. The fraction of sp³-hybridized carbons (Fsp3) is 0.667. The van der Waals surface area contributed by atoms with E-state index < -0.39 is 21.6 Å². The van der Waals surface area contributed by atoms with Crippen LogP contribution in [0, 0.1) is 18.8 Å². The molecule has 1 heterocycles. The molecular weight excluding hydrogens is 450 g/mol. The standard InChI is InChI=1S/C27H41NO5S/c1-6-7-8-9-10-11-20-18-23-22(25(29)24(20)26(30)33-27(3,4)5)16-17-28(23)34(31,32)21-14-12-19(2)13-15-21/h12-15,20,22-23,29H,6-11,16-18H2,1-5H3/t20-,22-,23-/m1/s1. The summed E-state index contributed by atoms with van der Waals surface area (Å²) < 4.78 is 34.2. The summed E-state index contributed by atoms with van der Waals surface area (Å²) in [6.45, 7) is 9.89. The van der Waals surface area contributed by atoms with E-state index in [1.807, 2.05) is 27.7 Å². The number of aliphatic hydroxyl groups is 1. The summed E-state index contributed by atoms with van der Waals surface area (Å²) in [5.74, 6) is -1.03. The van der Waals surface area contributed by atoms with Gasteiger partial charge >= 0.3 is 5.97 Å². The molecule has 0 spiro atoms. The van der Waals surface area contributed by atoms with Crippen LogP contribution in [0.4, 0.5) is 0 Å². The van der Waals surface area contributed by atoms with Gasteiger partial charge in [0.05, 0.1) is 10.5 Å². The number of hydrogen-bond acceptors (Lipinski definition) is 5. The molecule has 0 unspecified atom stereocenters. The molecule has 1 aliphatic heterocycles. The minimum atomic E-state index is -3.69. The van der Waals surface area contributed by atoms with Crippen molar-refractivity contribution in [3.63, 3.8) is 0 Å². The number of hydrogen-bond donors (Lipinski definition) is 1. The molecule has 1 aromatic carbocycles. The van der Waals surface area contributed by atoms with Gasteiger partial charge in [0.25, 0.3) is 0 Å². The molecular formula is C27H41NO5S. The fourth-order valence-electron chi connectivity index (χ4n) is 5.25. The Labute approximate surface area is 205 Å². The monoisotopic (exact) mass is 491 g/mol. The number of sulfonamides is 1. The summed E-state index contributed by atoms with van der Waals surface area (Å²) >= 11 is 0. The molecule has 2 aliphatic rings. The Hall–Kier alpha value is -1.86. The number of aryl methyl sites for hydroxylation is 1. The van der Waals surface area contributed by atoms with Crippen LogP contribution in [-0.2, 0) is 19.6 Å². The van der Waals surface area contributed by atoms with Crippen LogP contribution in [0.3, 0.4) is 0 Å². The van der Waals surface area contributed by atoms with Crippen LogP contribution in [0.5, 0.6) is 0 Å². The van der Waals surface area contributed by atoms with Crippen molar-refractivity contribution in [2.24, 2.45) is 11.8 Å². The molecule has 1 saturated heterocycles. The van der Waals surface area contributed by atoms with E-state index in [-0.39, 0.29) is 28.5 Å². The largest absolute Gasteiger partial charge is 0.511 e. The van der Waals surface area contributed by atoms with Crippen molar-refractivity contribution in [1.82, 2.24) is 4.31 Å². The van der Waals surface area contributed by atoms with Crippen LogP contribution in [-0.4, -0.2) is 42.0 Å². The van der Waals surface area contributed by atoms with Gasteiger partial charge in [0.1, 0.15) is 11.4 Å². The maximum absolute atomic E-state index is 13.5. The Morgan fingerprint density at radius 2 is 1.76 bits per heavy atom. The van der Waals surface area contributed by atoms with Crippen molar-refractivity contribution in [2.75, 3.05) is 6.54 Å². The Balaban J connectivity index is 1.89. The molecule has 1 N–H and O–H groups in total. The molecule has 190 valence electrons. The number of rotatable bonds is 9. The van der Waals surface area contributed by atoms with Crippen LogP contribution < -0.4 is 0 Å². The minimum Gasteiger partial charge on any atom is -0.511 e. The highest BCUT2D eigenvalue weighted by atomic mass is 32.2. The van der Waals surface area contributed by atoms with E-state index in [9.17, 15) is 18.3 Å². The van der Waals surface area contributed by atoms with Gasteiger partial charge in [0, 0.05) is 18.5 Å². The number of aliphatic hydroxyl groups excluding tert-OH is 1. The van der Waals surface area contributed by atoms with Crippen LogP contribution in [0.25, 0.3) is 0 Å². The van der Waals surface area contributed by atoms with E-state index in [4.69, 9.17) is 4.74 Å². The zero-order chi connectivity index (χ0) is 25.1. The quantitative estimate of drug-likeness (QED) is 0.343. The average Bonchev–Trinajstić information content (AvgIpc) is 3.18. The Bertz CT molecular complexity index is 991. The summed E-state index contributed by atoms with van der Waals surface area (Å²) in [6, 6.07) is 6.55. The summed E-state index contributed by atoms with van der Waals surface area (Å²) in [5.41, 5.74) is 0.700. The summed E-state index contributed by atoms with van der Waals surface area (Å²) in [6.07, 6.45) is 7.24. The zero-order valence-corrected chi connectivity index (χ0v) is 22.2. The Morgan fingerprint density at radius 3 is 2.38 bits per heavy atom. The van der Waals surface area contributed by atoms with Gasteiger partial charge in [-0.2, -0.15) is 4.31 Å². The summed E-state index contributed by atoms with van der Waals surface area (Å²) in [7, 11) is -3.69. The molecule has 0 amide bonds. The number of unbranched alkanes of at least 4 members (excludes halogenated alkanes) is 4. The lowest BCUT2D eigenvalue weighted by Gasteiger charge is -2.37. The molecule has 0 aromatic heterocycles. The second kappa shape index (κ2) is 10.8. The van der Waals surface area contributed by atoms with Crippen molar-refractivity contribution < 1.29 is 23.1 Å². The number of carbonyl (C=O) groups is 1. The predicted octanol–water partition coefficient (Wildman–Crippen LogP) is 5.91. The van der Waals surface area contributed by atoms with Crippen molar-refractivity contribution in [3.05, 3.63) is 41.2 Å². The van der Waals surface area contributed by atoms with Gasteiger partial charge in [-0.25, -0.2) is 13.2 Å². The van der Waals surface area contributed by atoms with Crippen LogP contribution in [0.1, 0.15) is 84.6 Å². The molecule has 34 heavy (non-hydrogen) atoms. The van der Waals surface area contributed by atoms with E-state index in [1.54, 1.807) is 28.6 Å². The molecule has 6 nitrogen and oxygen atoms in total. The van der Waals surface area contributed by atoms with Crippen LogP contribution in [0.2, 0.25) is 0 Å². The number of nitrogens with zero attached hydrogens (tertiary/aromatic N) is 1. The minimum absolute atomic E-state index is 0.0330. The third kappa shape index (κ3) is 6.03. The topological polar surface area (TPSA) is 83.9 Å². The first-order chi connectivity index (χ1) is 16.0. The van der Waals surface area contributed by atoms with Gasteiger partial charge in [-0.1, -0.05) is 56.7 Å². The van der Waals surface area contributed by atoms with Gasteiger partial charge in [-0.05, 0) is 65.0 Å². The molecule has 0 bridgehead atoms. The third-order valence-electron chi connectivity index (χ3n) is 6.96. The second-order valence-electron chi connectivity index (χ2n) is 10.8. The van der Waals surface area contributed by atoms with Crippen molar-refractivity contribution in [2.45, 2.75) is 103 Å². The molecule has 3 rings (SSSR count). The van der Waals surface area contributed by atoms with Gasteiger partial charge in [0.2, 0.25) is 10.0 Å². The van der Waals surface area contributed by atoms with Gasteiger partial charge in [-0.15, -0.1) is 0 Å². The van der Waals surface area contributed by atoms with Crippen molar-refractivity contribution >= 4 is 16.0 Å². The van der Waals surface area contributed by atoms with Gasteiger partial charge < -0.3 is 9.84 Å². The van der Waals surface area contributed by atoms with Crippen LogP contribution >= 0.6 is 0 Å². The van der Waals surface area contributed by atoms with E-state index in [1.165, 1.54) is 6.42 Å². The average molecular weight is 492 g/mol. The van der Waals surface area contributed by atoms with Gasteiger partial charge in [-0.3, -0.25) is 0 Å². The Kier molecular flexibility index (Phi) is 8.51. The summed E-state index contributed by atoms with van der Waals surface area (Å²) in [4.78, 5) is 13.4. The molecule has 1 aliphatic carbocycles. The Morgan fingerprint density at radius 1 is 1.12 bits per heavy atom. The van der Waals surface area contributed by atoms with E-state index in [0.29, 0.717) is 25.0 Å². The molecule has 1 fully saturated rings. The maximum atomic E-state index is 13.5. The first kappa shape index (κ1) is 26.7. The van der Waals surface area contributed by atoms with Crippen molar-refractivity contribution in [1.29, 1.82) is 0 Å². The highest BCUT2D eigenvalue weighted by Crippen LogP contribution is 2.45. The molecule has 1 aromatic rings. The first-order valence-electron chi connectivity index (χ1n) is 12.7. The lowest BCUT2D eigenvalue weighted by atomic mass is 9.76. The number of ether oxygens (including phenoxy) is 1. The number of benzene rings is 1. The maximum Gasteiger partial charge on any atom is 0.338 e. The van der Waals surface area contributed by atoms with Gasteiger partial charge in [0.15, 0.2) is 0 Å². The highest BCUT2D eigenvalue weighted by Gasteiger charge is 2.49. The number of fused-ring (bicyclic) bond motifs is 1. The first-order valence-corrected chi connectivity index (χ1v) is 14.1. The predicted molar refractivity (Wildman–Crippen MR) is 134 cm³/mol. The molecule has 7 heteroatoms. The van der Waals surface area contributed by atoms with Crippen molar-refractivity contribution in [3.8, 4) is 0 Å². The van der Waals surface area contributed by atoms with E-state index in [0.717, 1.165) is 37.7 Å². The lowest BCUT2D eigenvalue weighted by Crippen LogP contribution is -2.43. The molecule has 3 atom stereocenters. The fourth-order valence-corrected chi connectivity index (χ4v) is 6.94. The van der Waals surface area contributed by atoms with E-state index in [2.05, 4.69) is 6.92 Å². The molecule has 0 radical (unpaired) electrons. The van der Waals surface area contributed by atoms with E-state index >= 15 is 0 Å². The SMILES string of the molecule is CCCCCCC[C@@H]1C[C@@H]2[C@@H](CCN2S(=O)(=O)c2ccc(C)cc2)C(O)=C1C(=O)OC(C)(C)C. The zero-order valence-electron chi connectivity index (χ0n) is 21.3.